The Kier molecular flexibility index (Phi) is 3.87. The normalized spacial score (nSPS) is 19.4. The first kappa shape index (κ1) is 14.6. The molecule has 0 saturated carbocycles. The van der Waals surface area contributed by atoms with Crippen molar-refractivity contribution in [1.82, 2.24) is 9.62 Å². The van der Waals surface area contributed by atoms with Gasteiger partial charge >= 0.3 is 0 Å². The maximum atomic E-state index is 11.9. The third-order valence-corrected chi connectivity index (χ3v) is 4.77. The molecule has 1 aliphatic rings. The highest BCUT2D eigenvalue weighted by Crippen LogP contribution is 2.25. The lowest BCUT2D eigenvalue weighted by molar-refractivity contribution is -0.127. The smallest absolute Gasteiger partial charge is 0.244 e. The van der Waals surface area contributed by atoms with Crippen molar-refractivity contribution in [3.63, 3.8) is 0 Å². The molecule has 0 radical (unpaired) electrons. The minimum atomic E-state index is -3.54. The summed E-state index contributed by atoms with van der Waals surface area (Å²) in [6, 6.07) is 4.01. The highest BCUT2D eigenvalue weighted by atomic mass is 32.2. The van der Waals surface area contributed by atoms with E-state index in [2.05, 4.69) is 10.0 Å². The van der Waals surface area contributed by atoms with Crippen LogP contribution in [0.15, 0.2) is 23.1 Å². The van der Waals surface area contributed by atoms with Gasteiger partial charge in [-0.15, -0.1) is 0 Å². The zero-order valence-electron chi connectivity index (χ0n) is 11.4. The minimum absolute atomic E-state index is 0.0220. The van der Waals surface area contributed by atoms with Crippen LogP contribution in [0.5, 0.6) is 0 Å². The summed E-state index contributed by atoms with van der Waals surface area (Å²) < 4.78 is 25.8. The summed E-state index contributed by atoms with van der Waals surface area (Å²) in [5.74, 6) is -0.0220. The van der Waals surface area contributed by atoms with Gasteiger partial charge in [0.2, 0.25) is 15.9 Å². The summed E-state index contributed by atoms with van der Waals surface area (Å²) in [6.45, 7) is 0.672. The number of hydrogen-bond donors (Lipinski definition) is 3. The maximum absolute atomic E-state index is 11.9. The molecular formula is C12H18N4O3S. The van der Waals surface area contributed by atoms with Gasteiger partial charge in [0.05, 0.1) is 16.3 Å². The van der Waals surface area contributed by atoms with Crippen LogP contribution in [0.3, 0.4) is 0 Å². The van der Waals surface area contributed by atoms with E-state index in [0.29, 0.717) is 24.3 Å². The van der Waals surface area contributed by atoms with Gasteiger partial charge in [-0.3, -0.25) is 4.79 Å². The molecule has 1 amide bonds. The summed E-state index contributed by atoms with van der Waals surface area (Å²) in [6.07, 6.45) is 0.664. The summed E-state index contributed by atoms with van der Waals surface area (Å²) in [4.78, 5) is 13.6. The van der Waals surface area contributed by atoms with Gasteiger partial charge in [0, 0.05) is 13.6 Å². The van der Waals surface area contributed by atoms with E-state index < -0.39 is 10.0 Å². The number of likely N-dealkylation sites (N-methyl/N-ethyl adjacent to an activating group) is 1. The summed E-state index contributed by atoms with van der Waals surface area (Å²) in [5.41, 5.74) is 6.69. The minimum Gasteiger partial charge on any atom is -0.397 e. The zero-order chi connectivity index (χ0) is 14.9. The van der Waals surface area contributed by atoms with Gasteiger partial charge in [-0.1, -0.05) is 0 Å². The molecule has 0 aromatic heterocycles. The molecule has 1 saturated heterocycles. The summed E-state index contributed by atoms with van der Waals surface area (Å²) in [5, 5.41) is 3.02. The zero-order valence-corrected chi connectivity index (χ0v) is 12.2. The molecule has 20 heavy (non-hydrogen) atoms. The molecule has 1 atom stereocenters. The number of nitrogen functional groups attached to an aromatic ring is 1. The molecule has 1 aromatic carbocycles. The standard InChI is InChI=1S/C12H18N4O3S/c1-14-20(18,19)8-3-4-9(13)11(7-8)15-10-5-6-16(2)12(10)17/h3-4,7,10,14-15H,5-6,13H2,1-2H3. The van der Waals surface area contributed by atoms with Crippen LogP contribution in [0.25, 0.3) is 0 Å². The molecule has 8 heteroatoms. The SMILES string of the molecule is CNS(=O)(=O)c1ccc(N)c(NC2CCN(C)C2=O)c1. The van der Waals surface area contributed by atoms with Crippen molar-refractivity contribution in [1.29, 1.82) is 0 Å². The Labute approximate surface area is 118 Å². The van der Waals surface area contributed by atoms with Crippen LogP contribution in [0, 0.1) is 0 Å². The Morgan fingerprint density at radius 1 is 1.40 bits per heavy atom. The van der Waals surface area contributed by atoms with Crippen molar-refractivity contribution < 1.29 is 13.2 Å². The van der Waals surface area contributed by atoms with Crippen molar-refractivity contribution >= 4 is 27.3 Å². The number of benzene rings is 1. The first-order chi connectivity index (χ1) is 9.35. The van der Waals surface area contributed by atoms with E-state index in [1.807, 2.05) is 0 Å². The van der Waals surface area contributed by atoms with Gasteiger partial charge in [-0.05, 0) is 31.7 Å². The molecule has 0 spiro atoms. The van der Waals surface area contributed by atoms with Gasteiger partial charge in [-0.25, -0.2) is 13.1 Å². The number of likely N-dealkylation sites (tertiary alicyclic amines) is 1. The first-order valence-corrected chi connectivity index (χ1v) is 7.68. The van der Waals surface area contributed by atoms with Gasteiger partial charge in [0.15, 0.2) is 0 Å². The number of carbonyl (C=O) groups excluding carboxylic acids is 1. The van der Waals surface area contributed by atoms with Crippen LogP contribution in [0.4, 0.5) is 11.4 Å². The average Bonchev–Trinajstić information content (AvgIpc) is 2.73. The van der Waals surface area contributed by atoms with Crippen LogP contribution in [0.1, 0.15) is 6.42 Å². The van der Waals surface area contributed by atoms with Crippen molar-refractivity contribution in [2.24, 2.45) is 0 Å². The predicted molar refractivity (Wildman–Crippen MR) is 76.8 cm³/mol. The van der Waals surface area contributed by atoms with E-state index in [1.165, 1.54) is 25.2 Å². The average molecular weight is 298 g/mol. The van der Waals surface area contributed by atoms with Crippen LogP contribution >= 0.6 is 0 Å². The molecule has 0 aliphatic carbocycles. The third-order valence-electron chi connectivity index (χ3n) is 3.36. The topological polar surface area (TPSA) is 105 Å². The molecule has 0 bridgehead atoms. The second kappa shape index (κ2) is 5.29. The van der Waals surface area contributed by atoms with Crippen molar-refractivity contribution in [2.45, 2.75) is 17.4 Å². The summed E-state index contributed by atoms with van der Waals surface area (Å²) >= 11 is 0. The molecule has 1 fully saturated rings. The number of amides is 1. The quantitative estimate of drug-likeness (QED) is 0.669. The van der Waals surface area contributed by atoms with Gasteiger partial charge in [-0.2, -0.15) is 0 Å². The largest absolute Gasteiger partial charge is 0.397 e. The number of hydrogen-bond acceptors (Lipinski definition) is 5. The summed E-state index contributed by atoms with van der Waals surface area (Å²) in [7, 11) is -0.463. The molecule has 4 N–H and O–H groups in total. The molecule has 1 heterocycles. The van der Waals surface area contributed by atoms with E-state index in [9.17, 15) is 13.2 Å². The number of carbonyl (C=O) groups is 1. The highest BCUT2D eigenvalue weighted by Gasteiger charge is 2.29. The Balaban J connectivity index is 2.28. The second-order valence-electron chi connectivity index (χ2n) is 4.70. The van der Waals surface area contributed by atoms with Gasteiger partial charge in [0.25, 0.3) is 0 Å². The Morgan fingerprint density at radius 3 is 2.65 bits per heavy atom. The van der Waals surface area contributed by atoms with Gasteiger partial charge in [0.1, 0.15) is 6.04 Å². The number of nitrogens with one attached hydrogen (secondary N) is 2. The van der Waals surface area contributed by atoms with Crippen molar-refractivity contribution in [3.8, 4) is 0 Å². The van der Waals surface area contributed by atoms with Crippen LogP contribution in [0.2, 0.25) is 0 Å². The fourth-order valence-corrected chi connectivity index (χ4v) is 2.85. The van der Waals surface area contributed by atoms with Crippen molar-refractivity contribution in [3.05, 3.63) is 18.2 Å². The molecule has 1 aromatic rings. The van der Waals surface area contributed by atoms with E-state index in [1.54, 1.807) is 11.9 Å². The lowest BCUT2D eigenvalue weighted by Gasteiger charge is -2.16. The fraction of sp³-hybridized carbons (Fsp3) is 0.417. The molecule has 2 rings (SSSR count). The van der Waals surface area contributed by atoms with Crippen LogP contribution < -0.4 is 15.8 Å². The lowest BCUT2D eigenvalue weighted by atomic mass is 10.2. The first-order valence-electron chi connectivity index (χ1n) is 6.20. The number of sulfonamides is 1. The third kappa shape index (κ3) is 2.70. The number of nitrogens with zero attached hydrogens (tertiary/aromatic N) is 1. The molecular weight excluding hydrogens is 280 g/mol. The molecule has 1 unspecified atom stereocenters. The van der Waals surface area contributed by atoms with E-state index >= 15 is 0 Å². The number of anilines is 2. The lowest BCUT2D eigenvalue weighted by Crippen LogP contribution is -2.31. The monoisotopic (exact) mass is 298 g/mol. The molecule has 110 valence electrons. The van der Waals surface area contributed by atoms with Crippen LogP contribution in [-0.4, -0.2) is 45.9 Å². The Bertz CT molecular complexity index is 630. The van der Waals surface area contributed by atoms with E-state index in [-0.39, 0.29) is 16.8 Å². The van der Waals surface area contributed by atoms with Crippen LogP contribution in [-0.2, 0) is 14.8 Å². The van der Waals surface area contributed by atoms with E-state index in [4.69, 9.17) is 5.73 Å². The maximum Gasteiger partial charge on any atom is 0.244 e. The predicted octanol–water partition coefficient (Wildman–Crippen LogP) is -0.180. The Hall–Kier alpha value is -1.80. The number of rotatable bonds is 4. The highest BCUT2D eigenvalue weighted by molar-refractivity contribution is 7.89. The molecule has 7 nitrogen and oxygen atoms in total. The van der Waals surface area contributed by atoms with E-state index in [0.717, 1.165) is 0 Å². The van der Waals surface area contributed by atoms with Gasteiger partial charge < -0.3 is 16.0 Å². The second-order valence-corrected chi connectivity index (χ2v) is 6.59. The molecule has 1 aliphatic heterocycles. The Morgan fingerprint density at radius 2 is 2.10 bits per heavy atom. The number of nitrogens with two attached hydrogens (primary N) is 1. The fourth-order valence-electron chi connectivity index (χ4n) is 2.09. The van der Waals surface area contributed by atoms with Crippen molar-refractivity contribution in [2.75, 3.05) is 31.7 Å².